The largest absolute Gasteiger partial charge is 0.493 e. The third-order valence-corrected chi connectivity index (χ3v) is 1.45. The average molecular weight is 238 g/mol. The van der Waals surface area contributed by atoms with E-state index < -0.39 is 5.91 Å². The summed E-state index contributed by atoms with van der Waals surface area (Å²) < 4.78 is 5.20. The Morgan fingerprint density at radius 2 is 1.93 bits per heavy atom. The fourth-order valence-corrected chi connectivity index (χ4v) is 0.952. The van der Waals surface area contributed by atoms with E-state index in [1.165, 1.54) is 0 Å². The van der Waals surface area contributed by atoms with Gasteiger partial charge in [0, 0.05) is 0 Å². The van der Waals surface area contributed by atoms with E-state index in [9.17, 15) is 4.79 Å². The van der Waals surface area contributed by atoms with Crippen molar-refractivity contribution in [1.29, 1.82) is 0 Å². The predicted molar refractivity (Wildman–Crippen MR) is 60.6 cm³/mol. The summed E-state index contributed by atoms with van der Waals surface area (Å²) in [5.41, 5.74) is 5.56. The normalized spacial score (nSPS) is 8.07. The van der Waals surface area contributed by atoms with Crippen LogP contribution in [0.5, 0.6) is 5.75 Å². The van der Waals surface area contributed by atoms with Gasteiger partial charge < -0.3 is 10.5 Å². The van der Waals surface area contributed by atoms with E-state index in [0.717, 1.165) is 0 Å². The van der Waals surface area contributed by atoms with E-state index in [-0.39, 0.29) is 24.8 Å². The van der Waals surface area contributed by atoms with Crippen molar-refractivity contribution >= 4 is 30.7 Å². The van der Waals surface area contributed by atoms with Crippen LogP contribution in [0.1, 0.15) is 17.3 Å². The molecule has 1 aromatic carbocycles. The molecular weight excluding hydrogens is 225 g/mol. The van der Waals surface area contributed by atoms with Gasteiger partial charge in [0.2, 0.25) is 0 Å². The Morgan fingerprint density at radius 3 is 2.43 bits per heavy atom. The number of amides is 1. The van der Waals surface area contributed by atoms with E-state index in [1.807, 2.05) is 6.92 Å². The maximum atomic E-state index is 10.8. The van der Waals surface area contributed by atoms with Gasteiger partial charge >= 0.3 is 0 Å². The van der Waals surface area contributed by atoms with Crippen LogP contribution in [0.4, 0.5) is 0 Å². The number of hydrogen-bond acceptors (Lipinski definition) is 2. The second-order valence-corrected chi connectivity index (χ2v) is 2.29. The van der Waals surface area contributed by atoms with Gasteiger partial charge in [-0.3, -0.25) is 4.79 Å². The summed E-state index contributed by atoms with van der Waals surface area (Å²) in [6, 6.07) is 6.93. The summed E-state index contributed by atoms with van der Waals surface area (Å²) in [5.74, 6) is 0.0894. The number of nitrogens with two attached hydrogens (primary N) is 1. The van der Waals surface area contributed by atoms with Gasteiger partial charge in [0.1, 0.15) is 5.75 Å². The molecule has 0 saturated heterocycles. The van der Waals surface area contributed by atoms with Gasteiger partial charge in [0.05, 0.1) is 12.2 Å². The molecule has 5 heteroatoms. The molecule has 0 heterocycles. The Balaban J connectivity index is 0. The molecule has 0 radical (unpaired) electrons. The summed E-state index contributed by atoms with van der Waals surface area (Å²) in [6.07, 6.45) is 0. The minimum absolute atomic E-state index is 0. The Hall–Kier alpha value is -0.930. The van der Waals surface area contributed by atoms with E-state index in [4.69, 9.17) is 10.5 Å². The third kappa shape index (κ3) is 3.85. The van der Waals surface area contributed by atoms with Crippen LogP contribution in [0, 0.1) is 0 Å². The number of ether oxygens (including phenoxy) is 1. The first-order valence-corrected chi connectivity index (χ1v) is 3.77. The fourth-order valence-electron chi connectivity index (χ4n) is 0.952. The minimum atomic E-state index is -0.459. The van der Waals surface area contributed by atoms with E-state index >= 15 is 0 Å². The number of carbonyl (C=O) groups is 1. The SMILES string of the molecule is CCOc1ccccc1C(N)=O.Cl.Cl. The third-order valence-electron chi connectivity index (χ3n) is 1.45. The highest BCUT2D eigenvalue weighted by atomic mass is 35.5. The summed E-state index contributed by atoms with van der Waals surface area (Å²) >= 11 is 0. The first-order chi connectivity index (χ1) is 5.75. The lowest BCUT2D eigenvalue weighted by Crippen LogP contribution is -2.12. The molecule has 14 heavy (non-hydrogen) atoms. The topological polar surface area (TPSA) is 52.3 Å². The second kappa shape index (κ2) is 7.47. The van der Waals surface area contributed by atoms with Gasteiger partial charge in [-0.25, -0.2) is 0 Å². The van der Waals surface area contributed by atoms with E-state index in [0.29, 0.717) is 17.9 Å². The van der Waals surface area contributed by atoms with Crippen LogP contribution in [-0.2, 0) is 0 Å². The van der Waals surface area contributed by atoms with Crippen molar-refractivity contribution in [3.63, 3.8) is 0 Å². The van der Waals surface area contributed by atoms with E-state index in [2.05, 4.69) is 0 Å². The number of para-hydroxylation sites is 1. The molecule has 0 aliphatic carbocycles. The van der Waals surface area contributed by atoms with Crippen molar-refractivity contribution in [2.24, 2.45) is 5.73 Å². The van der Waals surface area contributed by atoms with Gasteiger partial charge in [0.25, 0.3) is 5.91 Å². The van der Waals surface area contributed by atoms with Gasteiger partial charge in [-0.1, -0.05) is 12.1 Å². The van der Waals surface area contributed by atoms with Crippen LogP contribution in [0.25, 0.3) is 0 Å². The zero-order valence-electron chi connectivity index (χ0n) is 7.73. The molecule has 0 aliphatic heterocycles. The fraction of sp³-hybridized carbons (Fsp3) is 0.222. The average Bonchev–Trinajstić information content (AvgIpc) is 2.05. The first kappa shape index (κ1) is 15.5. The highest BCUT2D eigenvalue weighted by Crippen LogP contribution is 2.16. The van der Waals surface area contributed by atoms with Crippen molar-refractivity contribution in [1.82, 2.24) is 0 Å². The molecule has 0 atom stereocenters. The maximum absolute atomic E-state index is 10.8. The molecule has 0 bridgehead atoms. The van der Waals surface area contributed by atoms with Gasteiger partial charge in [-0.05, 0) is 19.1 Å². The second-order valence-electron chi connectivity index (χ2n) is 2.29. The monoisotopic (exact) mass is 237 g/mol. The lowest BCUT2D eigenvalue weighted by atomic mass is 10.2. The van der Waals surface area contributed by atoms with Crippen molar-refractivity contribution in [2.75, 3.05) is 6.61 Å². The molecular formula is C9H13Cl2NO2. The van der Waals surface area contributed by atoms with Crippen molar-refractivity contribution in [2.45, 2.75) is 6.92 Å². The lowest BCUT2D eigenvalue weighted by molar-refractivity contribution is 0.0996. The van der Waals surface area contributed by atoms with Crippen molar-refractivity contribution in [3.05, 3.63) is 29.8 Å². The lowest BCUT2D eigenvalue weighted by Gasteiger charge is -2.05. The number of hydrogen-bond donors (Lipinski definition) is 1. The maximum Gasteiger partial charge on any atom is 0.252 e. The van der Waals surface area contributed by atoms with Gasteiger partial charge in [0.15, 0.2) is 0 Å². The van der Waals surface area contributed by atoms with Crippen molar-refractivity contribution in [3.8, 4) is 5.75 Å². The van der Waals surface area contributed by atoms with Crippen LogP contribution in [0.15, 0.2) is 24.3 Å². The number of benzene rings is 1. The molecule has 0 unspecified atom stereocenters. The quantitative estimate of drug-likeness (QED) is 0.875. The molecule has 2 N–H and O–H groups in total. The Morgan fingerprint density at radius 1 is 1.36 bits per heavy atom. The van der Waals surface area contributed by atoms with Crippen LogP contribution in [0.3, 0.4) is 0 Å². The molecule has 1 aromatic rings. The molecule has 0 fully saturated rings. The highest BCUT2D eigenvalue weighted by Gasteiger charge is 2.06. The minimum Gasteiger partial charge on any atom is -0.493 e. The van der Waals surface area contributed by atoms with Crippen LogP contribution < -0.4 is 10.5 Å². The number of carbonyl (C=O) groups excluding carboxylic acids is 1. The van der Waals surface area contributed by atoms with Crippen LogP contribution >= 0.6 is 24.8 Å². The number of primary amides is 1. The molecule has 0 aliphatic rings. The molecule has 0 spiro atoms. The van der Waals surface area contributed by atoms with Gasteiger partial charge in [-0.2, -0.15) is 0 Å². The number of halogens is 2. The predicted octanol–water partition coefficient (Wildman–Crippen LogP) is 2.03. The highest BCUT2D eigenvalue weighted by molar-refractivity contribution is 5.95. The summed E-state index contributed by atoms with van der Waals surface area (Å²) in [4.78, 5) is 10.8. The zero-order valence-corrected chi connectivity index (χ0v) is 9.36. The van der Waals surface area contributed by atoms with Gasteiger partial charge in [-0.15, -0.1) is 24.8 Å². The van der Waals surface area contributed by atoms with E-state index in [1.54, 1.807) is 24.3 Å². The first-order valence-electron chi connectivity index (χ1n) is 3.77. The van der Waals surface area contributed by atoms with Crippen LogP contribution in [-0.4, -0.2) is 12.5 Å². The summed E-state index contributed by atoms with van der Waals surface area (Å²) in [5, 5.41) is 0. The number of rotatable bonds is 3. The zero-order chi connectivity index (χ0) is 8.97. The molecule has 1 rings (SSSR count). The summed E-state index contributed by atoms with van der Waals surface area (Å²) in [6.45, 7) is 2.39. The van der Waals surface area contributed by atoms with Crippen molar-refractivity contribution < 1.29 is 9.53 Å². The Bertz CT molecular complexity index is 292. The standard InChI is InChI=1S/C9H11NO2.2ClH/c1-2-12-8-6-4-3-5-7(8)9(10)11;;/h3-6H,2H2,1H3,(H2,10,11);2*1H. The molecule has 3 nitrogen and oxygen atoms in total. The smallest absolute Gasteiger partial charge is 0.252 e. The Labute approximate surface area is 95.4 Å². The Kier molecular flexibility index (Phi) is 8.29. The molecule has 1 amide bonds. The summed E-state index contributed by atoms with van der Waals surface area (Å²) in [7, 11) is 0. The molecule has 0 saturated carbocycles. The molecule has 80 valence electrons. The molecule has 0 aromatic heterocycles. The van der Waals surface area contributed by atoms with Crippen LogP contribution in [0.2, 0.25) is 0 Å².